The van der Waals surface area contributed by atoms with E-state index in [0.29, 0.717) is 26.0 Å². The molecule has 0 aliphatic carbocycles. The van der Waals surface area contributed by atoms with Crippen LogP contribution < -0.4 is 5.32 Å². The first kappa shape index (κ1) is 12.9. The van der Waals surface area contributed by atoms with Gasteiger partial charge in [-0.1, -0.05) is 6.92 Å². The first-order chi connectivity index (χ1) is 6.63. The van der Waals surface area contributed by atoms with Crippen LogP contribution in [0.4, 0.5) is 0 Å². The SMILES string of the molecule is CCC(C(=O)O)C(=O)NCCCOC. The zero-order chi connectivity index (χ0) is 11.0. The number of hydrogen-bond donors (Lipinski definition) is 2. The van der Waals surface area contributed by atoms with Crippen LogP contribution in [0, 0.1) is 5.92 Å². The first-order valence-corrected chi connectivity index (χ1v) is 4.63. The van der Waals surface area contributed by atoms with Gasteiger partial charge in [-0.2, -0.15) is 0 Å². The van der Waals surface area contributed by atoms with Gasteiger partial charge in [-0.15, -0.1) is 0 Å². The normalized spacial score (nSPS) is 12.1. The molecule has 0 saturated carbocycles. The van der Waals surface area contributed by atoms with E-state index in [4.69, 9.17) is 9.84 Å². The average Bonchev–Trinajstić information content (AvgIpc) is 2.13. The zero-order valence-corrected chi connectivity index (χ0v) is 8.58. The number of carbonyl (C=O) groups excluding carboxylic acids is 1. The Bertz CT molecular complexity index is 193. The van der Waals surface area contributed by atoms with Crippen LogP contribution in [0.2, 0.25) is 0 Å². The smallest absolute Gasteiger partial charge is 0.316 e. The summed E-state index contributed by atoms with van der Waals surface area (Å²) in [6, 6.07) is 0. The van der Waals surface area contributed by atoms with Crippen molar-refractivity contribution in [2.45, 2.75) is 19.8 Å². The maximum absolute atomic E-state index is 11.2. The Balaban J connectivity index is 3.76. The van der Waals surface area contributed by atoms with Crippen LogP contribution >= 0.6 is 0 Å². The van der Waals surface area contributed by atoms with Crippen LogP contribution in [0.3, 0.4) is 0 Å². The molecule has 0 heterocycles. The number of carboxylic acid groups (broad SMARTS) is 1. The van der Waals surface area contributed by atoms with Crippen LogP contribution in [0.1, 0.15) is 19.8 Å². The highest BCUT2D eigenvalue weighted by atomic mass is 16.5. The number of aliphatic carboxylic acids is 1. The number of amides is 1. The predicted octanol–water partition coefficient (Wildman–Crippen LogP) is 0.250. The molecule has 0 aliphatic heterocycles. The van der Waals surface area contributed by atoms with Gasteiger partial charge >= 0.3 is 5.97 Å². The summed E-state index contributed by atoms with van der Waals surface area (Å²) >= 11 is 0. The lowest BCUT2D eigenvalue weighted by Crippen LogP contribution is -2.35. The Morgan fingerprint density at radius 1 is 1.50 bits per heavy atom. The second-order valence-corrected chi connectivity index (χ2v) is 2.94. The maximum atomic E-state index is 11.2. The van der Waals surface area contributed by atoms with E-state index >= 15 is 0 Å². The van der Waals surface area contributed by atoms with E-state index in [1.165, 1.54) is 0 Å². The number of methoxy groups -OCH3 is 1. The monoisotopic (exact) mass is 203 g/mol. The van der Waals surface area contributed by atoms with Crippen molar-refractivity contribution in [2.24, 2.45) is 5.92 Å². The van der Waals surface area contributed by atoms with E-state index in [2.05, 4.69) is 5.32 Å². The van der Waals surface area contributed by atoms with Gasteiger partial charge in [-0.05, 0) is 12.8 Å². The molecular weight excluding hydrogens is 186 g/mol. The van der Waals surface area contributed by atoms with E-state index in [9.17, 15) is 9.59 Å². The summed E-state index contributed by atoms with van der Waals surface area (Å²) in [7, 11) is 1.58. The summed E-state index contributed by atoms with van der Waals surface area (Å²) in [5.74, 6) is -2.43. The molecule has 0 aromatic carbocycles. The predicted molar refractivity (Wildman–Crippen MR) is 50.9 cm³/mol. The van der Waals surface area contributed by atoms with E-state index in [1.807, 2.05) is 0 Å². The third-order valence-corrected chi connectivity index (χ3v) is 1.85. The van der Waals surface area contributed by atoms with Crippen LogP contribution in [0.25, 0.3) is 0 Å². The fourth-order valence-corrected chi connectivity index (χ4v) is 1.02. The number of carbonyl (C=O) groups is 2. The van der Waals surface area contributed by atoms with Gasteiger partial charge in [-0.3, -0.25) is 9.59 Å². The Kier molecular flexibility index (Phi) is 6.74. The third-order valence-electron chi connectivity index (χ3n) is 1.85. The standard InChI is InChI=1S/C9H17NO4/c1-3-7(9(12)13)8(11)10-5-4-6-14-2/h7H,3-6H2,1-2H3,(H,10,11)(H,12,13). The Labute approximate surface area is 83.4 Å². The molecule has 0 bridgehead atoms. The van der Waals surface area contributed by atoms with Crippen molar-refractivity contribution >= 4 is 11.9 Å². The van der Waals surface area contributed by atoms with Gasteiger partial charge in [0.15, 0.2) is 0 Å². The Hall–Kier alpha value is -1.10. The van der Waals surface area contributed by atoms with Gasteiger partial charge in [-0.25, -0.2) is 0 Å². The van der Waals surface area contributed by atoms with E-state index in [-0.39, 0.29) is 0 Å². The van der Waals surface area contributed by atoms with Gasteiger partial charge < -0.3 is 15.2 Å². The van der Waals surface area contributed by atoms with Crippen LogP contribution in [0.5, 0.6) is 0 Å². The molecule has 0 saturated heterocycles. The Morgan fingerprint density at radius 3 is 2.57 bits per heavy atom. The molecule has 1 atom stereocenters. The molecule has 5 nitrogen and oxygen atoms in total. The van der Waals surface area contributed by atoms with Crippen molar-refractivity contribution < 1.29 is 19.4 Å². The minimum Gasteiger partial charge on any atom is -0.481 e. The summed E-state index contributed by atoms with van der Waals surface area (Å²) in [5.41, 5.74) is 0. The van der Waals surface area contributed by atoms with Crippen molar-refractivity contribution in [3.05, 3.63) is 0 Å². The number of rotatable bonds is 7. The lowest BCUT2D eigenvalue weighted by atomic mass is 10.1. The van der Waals surface area contributed by atoms with E-state index in [1.54, 1.807) is 14.0 Å². The minimum absolute atomic E-state index is 0.311. The van der Waals surface area contributed by atoms with Gasteiger partial charge in [0.05, 0.1) is 0 Å². The molecule has 14 heavy (non-hydrogen) atoms. The van der Waals surface area contributed by atoms with Gasteiger partial charge in [0.25, 0.3) is 0 Å². The van der Waals surface area contributed by atoms with Gasteiger partial charge in [0.1, 0.15) is 5.92 Å². The van der Waals surface area contributed by atoms with Gasteiger partial charge in [0.2, 0.25) is 5.91 Å². The summed E-state index contributed by atoms with van der Waals surface area (Å²) in [4.78, 5) is 21.8. The number of carboxylic acids is 1. The lowest BCUT2D eigenvalue weighted by Gasteiger charge is -2.10. The quantitative estimate of drug-likeness (QED) is 0.459. The lowest BCUT2D eigenvalue weighted by molar-refractivity contribution is -0.147. The molecule has 0 spiro atoms. The fraction of sp³-hybridized carbons (Fsp3) is 0.778. The molecule has 82 valence electrons. The van der Waals surface area contributed by atoms with Gasteiger partial charge in [0, 0.05) is 20.3 Å². The van der Waals surface area contributed by atoms with E-state index in [0.717, 1.165) is 0 Å². The van der Waals surface area contributed by atoms with Crippen molar-refractivity contribution in [3.63, 3.8) is 0 Å². The fourth-order valence-electron chi connectivity index (χ4n) is 1.02. The first-order valence-electron chi connectivity index (χ1n) is 4.63. The number of ether oxygens (including phenoxy) is 1. The number of nitrogens with one attached hydrogen (secondary N) is 1. The highest BCUT2D eigenvalue weighted by molar-refractivity contribution is 5.96. The molecule has 0 aromatic heterocycles. The second-order valence-electron chi connectivity index (χ2n) is 2.94. The summed E-state index contributed by atoms with van der Waals surface area (Å²) in [6.45, 7) is 2.69. The van der Waals surface area contributed by atoms with Crippen molar-refractivity contribution in [1.29, 1.82) is 0 Å². The molecule has 0 aliphatic rings. The summed E-state index contributed by atoms with van der Waals surface area (Å²) in [6.07, 6.45) is 1.00. The molecule has 0 radical (unpaired) electrons. The molecule has 5 heteroatoms. The summed E-state index contributed by atoms with van der Waals surface area (Å²) < 4.78 is 4.79. The van der Waals surface area contributed by atoms with Crippen molar-refractivity contribution in [1.82, 2.24) is 5.32 Å². The second kappa shape index (κ2) is 7.32. The minimum atomic E-state index is -1.07. The van der Waals surface area contributed by atoms with Crippen LogP contribution in [0.15, 0.2) is 0 Å². The largest absolute Gasteiger partial charge is 0.481 e. The molecule has 0 rings (SSSR count). The highest BCUT2D eigenvalue weighted by Gasteiger charge is 2.23. The van der Waals surface area contributed by atoms with Crippen LogP contribution in [-0.4, -0.2) is 37.2 Å². The molecule has 0 aromatic rings. The molecular formula is C9H17NO4. The third kappa shape index (κ3) is 4.81. The van der Waals surface area contributed by atoms with Crippen molar-refractivity contribution in [3.8, 4) is 0 Å². The summed E-state index contributed by atoms with van der Waals surface area (Å²) in [5, 5.41) is 11.2. The topological polar surface area (TPSA) is 75.6 Å². The zero-order valence-electron chi connectivity index (χ0n) is 8.58. The average molecular weight is 203 g/mol. The molecule has 0 fully saturated rings. The maximum Gasteiger partial charge on any atom is 0.316 e. The Morgan fingerprint density at radius 2 is 2.14 bits per heavy atom. The highest BCUT2D eigenvalue weighted by Crippen LogP contribution is 2.02. The molecule has 1 amide bonds. The number of hydrogen-bond acceptors (Lipinski definition) is 3. The molecule has 2 N–H and O–H groups in total. The van der Waals surface area contributed by atoms with Crippen LogP contribution in [-0.2, 0) is 14.3 Å². The van der Waals surface area contributed by atoms with E-state index < -0.39 is 17.8 Å². The van der Waals surface area contributed by atoms with Crippen molar-refractivity contribution in [2.75, 3.05) is 20.3 Å². The molecule has 1 unspecified atom stereocenters.